The molecule has 6 nitrogen and oxygen atoms in total. The fourth-order valence-corrected chi connectivity index (χ4v) is 3.53. The van der Waals surface area contributed by atoms with Gasteiger partial charge in [-0.2, -0.15) is 0 Å². The van der Waals surface area contributed by atoms with Gasteiger partial charge in [-0.05, 0) is 35.4 Å². The molecule has 0 unspecified atom stereocenters. The van der Waals surface area contributed by atoms with Crippen molar-refractivity contribution in [1.82, 2.24) is 0 Å². The smallest absolute Gasteiger partial charge is 0.872 e. The second-order valence-electron chi connectivity index (χ2n) is 7.96. The summed E-state index contributed by atoms with van der Waals surface area (Å²) < 4.78 is 20.6. The molecule has 0 amide bonds. The largest absolute Gasteiger partial charge is 2.00 e. The molecule has 0 aromatic heterocycles. The van der Waals surface area contributed by atoms with Crippen LogP contribution < -0.4 is 29.2 Å². The second kappa shape index (κ2) is 15.8. The first-order valence-corrected chi connectivity index (χ1v) is 11.8. The fourth-order valence-electron chi connectivity index (χ4n) is 3.53. The summed E-state index contributed by atoms with van der Waals surface area (Å²) in [4.78, 5) is 0. The van der Waals surface area contributed by atoms with E-state index in [9.17, 15) is 10.2 Å². The number of benzene rings is 2. The number of methoxy groups -OCH3 is 4. The Morgan fingerprint density at radius 3 is 1.23 bits per heavy atom. The maximum Gasteiger partial charge on any atom is 2.00 e. The van der Waals surface area contributed by atoms with Crippen molar-refractivity contribution in [2.75, 3.05) is 28.4 Å². The van der Waals surface area contributed by atoms with Crippen molar-refractivity contribution in [2.45, 2.75) is 0 Å². The number of rotatable bonds is 8. The quantitative estimate of drug-likeness (QED) is 0.334. The maximum absolute atomic E-state index is 12.1. The Hall–Kier alpha value is -4.32. The molecule has 2 aromatic carbocycles. The molecule has 2 aliphatic carbocycles. The predicted octanol–water partition coefficient (Wildman–Crippen LogP) is 4.91. The summed E-state index contributed by atoms with van der Waals surface area (Å²) in [7, 11) is 6.22. The van der Waals surface area contributed by atoms with Crippen LogP contribution in [0.15, 0.2) is 120 Å². The standard InChI is InChI=1S/2C16H16O3.Fe/c2*1-18-13-8-9-14(16(11-13)19-2)15(17)10-7-12-5-3-4-6-12;/h2*3-11,17H,1-2H3;/q;;+2/p-2. The number of hydrogen-bond donors (Lipinski definition) is 0. The van der Waals surface area contributed by atoms with Gasteiger partial charge in [0.2, 0.25) is 0 Å². The minimum atomic E-state index is -0.0966. The van der Waals surface area contributed by atoms with Gasteiger partial charge in [0.25, 0.3) is 0 Å². The van der Waals surface area contributed by atoms with Gasteiger partial charge in [0.05, 0.1) is 28.4 Å². The van der Waals surface area contributed by atoms with Crippen molar-refractivity contribution in [2.24, 2.45) is 0 Å². The van der Waals surface area contributed by atoms with Gasteiger partial charge >= 0.3 is 17.1 Å². The predicted molar refractivity (Wildman–Crippen MR) is 148 cm³/mol. The van der Waals surface area contributed by atoms with E-state index in [1.165, 1.54) is 14.2 Å². The Bertz CT molecular complexity index is 1240. The molecule has 202 valence electrons. The van der Waals surface area contributed by atoms with Crippen LogP contribution in [0.2, 0.25) is 0 Å². The molecule has 7 heteroatoms. The summed E-state index contributed by atoms with van der Waals surface area (Å²) in [5.41, 5.74) is 3.04. The molecule has 0 atom stereocenters. The summed E-state index contributed by atoms with van der Waals surface area (Å²) in [6, 6.07) is 10.3. The normalized spacial score (nSPS) is 13.4. The van der Waals surface area contributed by atoms with E-state index >= 15 is 0 Å². The van der Waals surface area contributed by atoms with Crippen LogP contribution in [0, 0.1) is 0 Å². The van der Waals surface area contributed by atoms with Gasteiger partial charge in [0, 0.05) is 23.3 Å². The SMILES string of the molecule is COc1ccc(C([O-])=CC=C2C=CC=C2)c(OC)c1.COc1ccc(C([O-])=CC=C2C=CC=C2)c(OC)c1.[Fe+2]. The Kier molecular flexibility index (Phi) is 12.5. The van der Waals surface area contributed by atoms with Crippen LogP contribution >= 0.6 is 0 Å². The molecular formula is C32H30FeO6. The Labute approximate surface area is 240 Å². The van der Waals surface area contributed by atoms with E-state index in [2.05, 4.69) is 0 Å². The molecule has 0 aliphatic heterocycles. The average molecular weight is 566 g/mol. The fraction of sp³-hybridized carbons (Fsp3) is 0.125. The first-order valence-electron chi connectivity index (χ1n) is 11.8. The van der Waals surface area contributed by atoms with E-state index in [1.54, 1.807) is 74.9 Å². The first-order chi connectivity index (χ1) is 18.5. The third-order valence-corrected chi connectivity index (χ3v) is 5.58. The molecule has 0 saturated carbocycles. The Morgan fingerprint density at radius 2 is 0.923 bits per heavy atom. The number of ether oxygens (including phenoxy) is 4. The van der Waals surface area contributed by atoms with Gasteiger partial charge in [-0.15, -0.1) is 0 Å². The zero-order chi connectivity index (χ0) is 27.3. The number of hydrogen-bond acceptors (Lipinski definition) is 6. The molecule has 2 aromatic rings. The van der Waals surface area contributed by atoms with Gasteiger partial charge in [0.1, 0.15) is 23.0 Å². The first kappa shape index (κ1) is 30.9. The molecule has 0 radical (unpaired) electrons. The second-order valence-corrected chi connectivity index (χ2v) is 7.96. The third kappa shape index (κ3) is 8.88. The zero-order valence-electron chi connectivity index (χ0n) is 22.2. The van der Waals surface area contributed by atoms with Gasteiger partial charge in [-0.3, -0.25) is 0 Å². The van der Waals surface area contributed by atoms with Gasteiger partial charge in [-0.25, -0.2) is 0 Å². The summed E-state index contributed by atoms with van der Waals surface area (Å²) in [5, 5.41) is 24.2. The van der Waals surface area contributed by atoms with Crippen molar-refractivity contribution in [3.8, 4) is 23.0 Å². The minimum absolute atomic E-state index is 0. The number of allylic oxidation sites excluding steroid dienone is 14. The van der Waals surface area contributed by atoms with Crippen molar-refractivity contribution in [3.63, 3.8) is 0 Å². The van der Waals surface area contributed by atoms with Crippen LogP contribution in [0.1, 0.15) is 11.1 Å². The molecule has 4 rings (SSSR count). The molecule has 2 aliphatic rings. The Balaban J connectivity index is 0.000000267. The van der Waals surface area contributed by atoms with E-state index in [0.29, 0.717) is 34.1 Å². The summed E-state index contributed by atoms with van der Waals surface area (Å²) in [6.45, 7) is 0. The van der Waals surface area contributed by atoms with Crippen LogP contribution in [-0.4, -0.2) is 28.4 Å². The van der Waals surface area contributed by atoms with Crippen LogP contribution in [-0.2, 0) is 17.1 Å². The van der Waals surface area contributed by atoms with Crippen molar-refractivity contribution >= 4 is 11.5 Å². The molecule has 0 bridgehead atoms. The summed E-state index contributed by atoms with van der Waals surface area (Å²) in [5.74, 6) is 2.15. The molecular weight excluding hydrogens is 536 g/mol. The average Bonchev–Trinajstić information content (AvgIpc) is 3.69. The molecule has 0 N–H and O–H groups in total. The third-order valence-electron chi connectivity index (χ3n) is 5.58. The van der Waals surface area contributed by atoms with Crippen LogP contribution in [0.25, 0.3) is 11.5 Å². The molecule has 39 heavy (non-hydrogen) atoms. The van der Waals surface area contributed by atoms with E-state index in [-0.39, 0.29) is 28.6 Å². The van der Waals surface area contributed by atoms with Crippen LogP contribution in [0.3, 0.4) is 0 Å². The topological polar surface area (TPSA) is 83.0 Å². The zero-order valence-corrected chi connectivity index (χ0v) is 23.3. The van der Waals surface area contributed by atoms with Crippen molar-refractivity contribution < 1.29 is 46.2 Å². The maximum atomic E-state index is 12.1. The molecule has 0 spiro atoms. The van der Waals surface area contributed by atoms with E-state index in [4.69, 9.17) is 18.9 Å². The van der Waals surface area contributed by atoms with Crippen molar-refractivity contribution in [3.05, 3.63) is 132 Å². The molecule has 0 saturated heterocycles. The minimum Gasteiger partial charge on any atom is -0.872 e. The van der Waals surface area contributed by atoms with Gasteiger partial charge < -0.3 is 29.2 Å². The van der Waals surface area contributed by atoms with E-state index in [0.717, 1.165) is 11.1 Å². The molecule has 0 heterocycles. The van der Waals surface area contributed by atoms with Crippen molar-refractivity contribution in [1.29, 1.82) is 0 Å². The van der Waals surface area contributed by atoms with E-state index in [1.807, 2.05) is 48.6 Å². The van der Waals surface area contributed by atoms with Crippen LogP contribution in [0.5, 0.6) is 23.0 Å². The summed E-state index contributed by atoms with van der Waals surface area (Å²) in [6.07, 6.45) is 22.1. The Morgan fingerprint density at radius 1 is 0.564 bits per heavy atom. The summed E-state index contributed by atoms with van der Waals surface area (Å²) >= 11 is 0. The molecule has 0 fully saturated rings. The monoisotopic (exact) mass is 566 g/mol. The van der Waals surface area contributed by atoms with Gasteiger partial charge in [-0.1, -0.05) is 84.4 Å². The van der Waals surface area contributed by atoms with Crippen LogP contribution in [0.4, 0.5) is 0 Å². The van der Waals surface area contributed by atoms with E-state index < -0.39 is 0 Å². The van der Waals surface area contributed by atoms with Gasteiger partial charge in [0.15, 0.2) is 0 Å².